The predicted octanol–water partition coefficient (Wildman–Crippen LogP) is 8.96. The standard InChI is InChI=1S/C31H52O3/c1-7-19-33-29(32)34-24-15-17-30(5)23(20-24)11-12-25-27-14-13-26(22(4)10-8-9-21(2)3)31(27,6)18-16-28(25)30/h11,21-22,24-28H,7-10,12-20H2,1-6H3/t22-,24-,25+,26-,27+,28+,30-,31-/m0/s1. The number of hydrogen-bond acceptors (Lipinski definition) is 3. The summed E-state index contributed by atoms with van der Waals surface area (Å²) in [6.45, 7) is 15.0. The van der Waals surface area contributed by atoms with Gasteiger partial charge in [0.05, 0.1) is 6.61 Å². The Morgan fingerprint density at radius 2 is 1.85 bits per heavy atom. The number of ether oxygens (including phenoxy) is 2. The summed E-state index contributed by atoms with van der Waals surface area (Å²) in [5.41, 5.74) is 2.43. The van der Waals surface area contributed by atoms with Crippen molar-refractivity contribution in [3.05, 3.63) is 11.6 Å². The zero-order valence-corrected chi connectivity index (χ0v) is 23.0. The molecule has 0 radical (unpaired) electrons. The third-order valence-electron chi connectivity index (χ3n) is 10.9. The molecular formula is C31H52O3. The Labute approximate surface area is 209 Å². The number of allylic oxidation sites excluding steroid dienone is 1. The Kier molecular flexibility index (Phi) is 8.10. The quantitative estimate of drug-likeness (QED) is 0.261. The van der Waals surface area contributed by atoms with Crippen molar-refractivity contribution >= 4 is 6.16 Å². The summed E-state index contributed by atoms with van der Waals surface area (Å²) >= 11 is 0. The zero-order chi connectivity index (χ0) is 24.5. The van der Waals surface area contributed by atoms with E-state index in [2.05, 4.69) is 40.7 Å². The average molecular weight is 473 g/mol. The molecule has 3 nitrogen and oxygen atoms in total. The molecule has 0 aromatic rings. The van der Waals surface area contributed by atoms with Gasteiger partial charge in [-0.05, 0) is 97.7 Å². The first-order chi connectivity index (χ1) is 16.2. The summed E-state index contributed by atoms with van der Waals surface area (Å²) in [5, 5.41) is 0. The maximum Gasteiger partial charge on any atom is 0.508 e. The second kappa shape index (κ2) is 10.6. The molecule has 4 rings (SSSR count). The fourth-order valence-corrected chi connectivity index (χ4v) is 9.11. The molecule has 4 aliphatic rings. The molecule has 0 amide bonds. The van der Waals surface area contributed by atoms with Crippen LogP contribution in [0.25, 0.3) is 0 Å². The number of carbonyl (C=O) groups excluding carboxylic acids is 1. The normalized spacial score (nSPS) is 40.1. The van der Waals surface area contributed by atoms with Gasteiger partial charge in [0.1, 0.15) is 6.10 Å². The Bertz CT molecular complexity index is 741. The van der Waals surface area contributed by atoms with E-state index < -0.39 is 6.16 Å². The highest BCUT2D eigenvalue weighted by Gasteiger charge is 2.59. The van der Waals surface area contributed by atoms with Crippen molar-refractivity contribution in [1.82, 2.24) is 0 Å². The van der Waals surface area contributed by atoms with E-state index in [1.165, 1.54) is 51.4 Å². The van der Waals surface area contributed by atoms with Crippen molar-refractivity contribution < 1.29 is 14.3 Å². The van der Waals surface area contributed by atoms with Gasteiger partial charge < -0.3 is 9.47 Å². The molecular weight excluding hydrogens is 420 g/mol. The van der Waals surface area contributed by atoms with E-state index in [1.807, 2.05) is 6.92 Å². The van der Waals surface area contributed by atoms with Gasteiger partial charge >= 0.3 is 6.16 Å². The van der Waals surface area contributed by atoms with Gasteiger partial charge in [0, 0.05) is 6.42 Å². The van der Waals surface area contributed by atoms with Crippen LogP contribution in [0.4, 0.5) is 4.79 Å². The molecule has 0 saturated heterocycles. The highest BCUT2D eigenvalue weighted by Crippen LogP contribution is 2.67. The maximum absolute atomic E-state index is 12.0. The predicted molar refractivity (Wildman–Crippen MR) is 140 cm³/mol. The highest BCUT2D eigenvalue weighted by molar-refractivity contribution is 5.60. The number of rotatable bonds is 8. The average Bonchev–Trinajstić information content (AvgIpc) is 3.15. The largest absolute Gasteiger partial charge is 0.508 e. The number of hydrogen-bond donors (Lipinski definition) is 0. The Hall–Kier alpha value is -0.990. The lowest BCUT2D eigenvalue weighted by atomic mass is 9.47. The molecule has 8 atom stereocenters. The van der Waals surface area contributed by atoms with E-state index in [9.17, 15) is 4.79 Å². The minimum absolute atomic E-state index is 0.00311. The summed E-state index contributed by atoms with van der Waals surface area (Å²) in [4.78, 5) is 12.0. The highest BCUT2D eigenvalue weighted by atomic mass is 16.7. The molecule has 0 N–H and O–H groups in total. The van der Waals surface area contributed by atoms with Gasteiger partial charge in [-0.2, -0.15) is 0 Å². The summed E-state index contributed by atoms with van der Waals surface area (Å²) < 4.78 is 10.9. The lowest BCUT2D eigenvalue weighted by Gasteiger charge is -2.58. The van der Waals surface area contributed by atoms with Gasteiger partial charge in [0.2, 0.25) is 0 Å². The number of fused-ring (bicyclic) bond motifs is 5. The van der Waals surface area contributed by atoms with E-state index >= 15 is 0 Å². The summed E-state index contributed by atoms with van der Waals surface area (Å²) in [5.74, 6) is 5.19. The molecule has 0 spiro atoms. The lowest BCUT2D eigenvalue weighted by Crippen LogP contribution is -2.51. The summed E-state index contributed by atoms with van der Waals surface area (Å²) in [6, 6.07) is 0. The van der Waals surface area contributed by atoms with Crippen LogP contribution in [0.1, 0.15) is 119 Å². The monoisotopic (exact) mass is 472 g/mol. The fourth-order valence-electron chi connectivity index (χ4n) is 9.11. The van der Waals surface area contributed by atoms with Crippen molar-refractivity contribution in [1.29, 1.82) is 0 Å². The molecule has 3 fully saturated rings. The second-order valence-electron chi connectivity index (χ2n) is 13.4. The molecule has 0 bridgehead atoms. The smallest absolute Gasteiger partial charge is 0.434 e. The minimum atomic E-state index is -0.474. The first kappa shape index (κ1) is 26.1. The van der Waals surface area contributed by atoms with Crippen molar-refractivity contribution in [2.45, 2.75) is 125 Å². The molecule has 34 heavy (non-hydrogen) atoms. The van der Waals surface area contributed by atoms with Crippen molar-refractivity contribution in [2.75, 3.05) is 6.61 Å². The van der Waals surface area contributed by atoms with Gasteiger partial charge in [-0.15, -0.1) is 0 Å². The van der Waals surface area contributed by atoms with E-state index in [1.54, 1.807) is 5.57 Å². The first-order valence-corrected chi connectivity index (χ1v) is 14.7. The van der Waals surface area contributed by atoms with Crippen LogP contribution < -0.4 is 0 Å². The van der Waals surface area contributed by atoms with Gasteiger partial charge in [-0.1, -0.05) is 72.5 Å². The Morgan fingerprint density at radius 3 is 2.59 bits per heavy atom. The summed E-state index contributed by atoms with van der Waals surface area (Å²) in [6.07, 6.45) is 17.2. The number of carbonyl (C=O) groups is 1. The molecule has 0 unspecified atom stereocenters. The van der Waals surface area contributed by atoms with Crippen molar-refractivity contribution in [2.24, 2.45) is 46.3 Å². The van der Waals surface area contributed by atoms with Crippen molar-refractivity contribution in [3.8, 4) is 0 Å². The topological polar surface area (TPSA) is 35.5 Å². The Balaban J connectivity index is 1.41. The molecule has 0 aromatic carbocycles. The van der Waals surface area contributed by atoms with Crippen molar-refractivity contribution in [3.63, 3.8) is 0 Å². The van der Waals surface area contributed by atoms with E-state index in [-0.39, 0.29) is 6.10 Å². The minimum Gasteiger partial charge on any atom is -0.434 e. The fraction of sp³-hybridized carbons (Fsp3) is 0.903. The molecule has 0 aliphatic heterocycles. The van der Waals surface area contributed by atoms with Gasteiger partial charge in [0.15, 0.2) is 0 Å². The van der Waals surface area contributed by atoms with Crippen LogP contribution in [-0.4, -0.2) is 18.9 Å². The third kappa shape index (κ3) is 4.96. The zero-order valence-electron chi connectivity index (χ0n) is 23.0. The molecule has 3 heteroatoms. The SMILES string of the molecule is CCCOC(=O)O[C@H]1CC[C@@]2(C)C(=CC[C@@H]3[C@H]4CC[C@@H]([C@@H](C)CCCC(C)C)[C@]4(C)CC[C@H]32)C1. The van der Waals surface area contributed by atoms with Gasteiger partial charge in [-0.3, -0.25) is 0 Å². The van der Waals surface area contributed by atoms with Crippen LogP contribution in [0.3, 0.4) is 0 Å². The van der Waals surface area contributed by atoms with Crippen LogP contribution in [0.15, 0.2) is 11.6 Å². The van der Waals surface area contributed by atoms with Crippen LogP contribution in [0.2, 0.25) is 0 Å². The first-order valence-electron chi connectivity index (χ1n) is 14.7. The van der Waals surface area contributed by atoms with E-state index in [0.717, 1.165) is 61.2 Å². The molecule has 4 aliphatic carbocycles. The third-order valence-corrected chi connectivity index (χ3v) is 10.9. The van der Waals surface area contributed by atoms with E-state index in [4.69, 9.17) is 9.47 Å². The van der Waals surface area contributed by atoms with Crippen LogP contribution in [-0.2, 0) is 9.47 Å². The van der Waals surface area contributed by atoms with Gasteiger partial charge in [0.25, 0.3) is 0 Å². The molecule has 194 valence electrons. The van der Waals surface area contributed by atoms with Crippen LogP contribution >= 0.6 is 0 Å². The molecule has 0 aromatic heterocycles. The van der Waals surface area contributed by atoms with Crippen LogP contribution in [0, 0.1) is 46.3 Å². The lowest BCUT2D eigenvalue weighted by molar-refractivity contribution is -0.0616. The van der Waals surface area contributed by atoms with Crippen LogP contribution in [0.5, 0.6) is 0 Å². The van der Waals surface area contributed by atoms with Gasteiger partial charge in [-0.25, -0.2) is 4.79 Å². The van der Waals surface area contributed by atoms with E-state index in [0.29, 0.717) is 17.4 Å². The maximum atomic E-state index is 12.0. The molecule has 3 saturated carbocycles. The second-order valence-corrected chi connectivity index (χ2v) is 13.4. The molecule has 0 heterocycles. The summed E-state index contributed by atoms with van der Waals surface area (Å²) in [7, 11) is 0. The Morgan fingerprint density at radius 1 is 1.06 bits per heavy atom.